The summed E-state index contributed by atoms with van der Waals surface area (Å²) in [6, 6.07) is 0. The average molecular weight is 203 g/mol. The standard InChI is InChI=1S/C8H18N4O2/c1-6(2)7(13)12(14)5-3-4-11-8(9)10/h6,14H,3-5H2,1-2H3,(H4,9,10,11)/p+1. The summed E-state index contributed by atoms with van der Waals surface area (Å²) < 4.78 is 0. The van der Waals surface area contributed by atoms with E-state index in [9.17, 15) is 10.0 Å². The second-order valence-corrected chi connectivity index (χ2v) is 3.35. The maximum absolute atomic E-state index is 11.2. The molecule has 1 amide bonds. The van der Waals surface area contributed by atoms with Crippen LogP contribution in [0, 0.1) is 5.92 Å². The van der Waals surface area contributed by atoms with Gasteiger partial charge in [0.1, 0.15) is 0 Å². The number of hydrogen-bond acceptors (Lipinski definition) is 2. The molecule has 0 aromatic carbocycles. The predicted octanol–water partition coefficient (Wildman–Crippen LogP) is -2.40. The van der Waals surface area contributed by atoms with Gasteiger partial charge in [0.25, 0.3) is 0 Å². The summed E-state index contributed by atoms with van der Waals surface area (Å²) >= 11 is 0. The average Bonchev–Trinajstić information content (AvgIpc) is 2.10. The molecule has 0 atom stereocenters. The first-order valence-corrected chi connectivity index (χ1v) is 4.57. The van der Waals surface area contributed by atoms with Gasteiger partial charge in [-0.05, 0) is 6.42 Å². The molecule has 0 bridgehead atoms. The molecule has 6 nitrogen and oxygen atoms in total. The molecule has 14 heavy (non-hydrogen) atoms. The van der Waals surface area contributed by atoms with Crippen molar-refractivity contribution in [3.63, 3.8) is 0 Å². The van der Waals surface area contributed by atoms with Gasteiger partial charge in [-0.25, -0.2) is 5.06 Å². The van der Waals surface area contributed by atoms with Crippen LogP contribution in [0.2, 0.25) is 0 Å². The van der Waals surface area contributed by atoms with E-state index >= 15 is 0 Å². The zero-order chi connectivity index (χ0) is 11.1. The van der Waals surface area contributed by atoms with Gasteiger partial charge in [0.15, 0.2) is 0 Å². The third kappa shape index (κ3) is 5.36. The number of nitrogens with zero attached hydrogens (tertiary/aromatic N) is 1. The topological polar surface area (TPSA) is 107 Å². The highest BCUT2D eigenvalue weighted by Crippen LogP contribution is 1.98. The van der Waals surface area contributed by atoms with E-state index in [0.717, 1.165) is 5.06 Å². The van der Waals surface area contributed by atoms with Crippen LogP contribution < -0.4 is 16.5 Å². The number of nitrogens with two attached hydrogens (primary N) is 2. The number of carbonyl (C=O) groups excluding carboxylic acids is 1. The number of hydrogen-bond donors (Lipinski definition) is 4. The summed E-state index contributed by atoms with van der Waals surface area (Å²) in [5.74, 6) is -0.335. The van der Waals surface area contributed by atoms with Gasteiger partial charge in [-0.1, -0.05) is 13.8 Å². The summed E-state index contributed by atoms with van der Waals surface area (Å²) in [5.41, 5.74) is 10.3. The van der Waals surface area contributed by atoms with Gasteiger partial charge in [-0.15, -0.1) is 0 Å². The Kier molecular flexibility index (Phi) is 5.62. The van der Waals surface area contributed by atoms with Gasteiger partial charge in [-0.3, -0.25) is 26.5 Å². The highest BCUT2D eigenvalue weighted by atomic mass is 16.5. The van der Waals surface area contributed by atoms with Crippen LogP contribution in [0.5, 0.6) is 0 Å². The minimum absolute atomic E-state index is 0.143. The SMILES string of the molecule is CC(C)C(=O)N(O)CCC[NH+]=C(N)N. The highest BCUT2D eigenvalue weighted by molar-refractivity contribution is 5.76. The summed E-state index contributed by atoms with van der Waals surface area (Å²) in [7, 11) is 0. The monoisotopic (exact) mass is 203 g/mol. The van der Waals surface area contributed by atoms with E-state index < -0.39 is 0 Å². The first-order valence-electron chi connectivity index (χ1n) is 4.57. The van der Waals surface area contributed by atoms with Crippen LogP contribution >= 0.6 is 0 Å². The van der Waals surface area contributed by atoms with Gasteiger partial charge >= 0.3 is 5.96 Å². The number of rotatable bonds is 5. The highest BCUT2D eigenvalue weighted by Gasteiger charge is 2.13. The maximum atomic E-state index is 11.2. The molecule has 0 unspecified atom stereocenters. The first-order chi connectivity index (χ1) is 6.45. The van der Waals surface area contributed by atoms with E-state index in [1.807, 2.05) is 0 Å². The Morgan fingerprint density at radius 3 is 2.50 bits per heavy atom. The number of carbonyl (C=O) groups is 1. The van der Waals surface area contributed by atoms with E-state index in [4.69, 9.17) is 11.5 Å². The summed E-state index contributed by atoms with van der Waals surface area (Å²) in [6.07, 6.45) is 0.590. The molecule has 0 fully saturated rings. The molecule has 0 spiro atoms. The largest absolute Gasteiger partial charge is 0.338 e. The lowest BCUT2D eigenvalue weighted by Crippen LogP contribution is -2.78. The zero-order valence-corrected chi connectivity index (χ0v) is 8.66. The van der Waals surface area contributed by atoms with Crippen LogP contribution in [-0.2, 0) is 4.79 Å². The molecule has 0 saturated heterocycles. The quantitative estimate of drug-likeness (QED) is 0.131. The number of hydroxylamine groups is 2. The van der Waals surface area contributed by atoms with E-state index in [-0.39, 0.29) is 24.3 Å². The van der Waals surface area contributed by atoms with Crippen molar-refractivity contribution >= 4 is 11.9 Å². The maximum Gasteiger partial charge on any atom is 0.338 e. The molecule has 0 rings (SSSR count). The normalized spacial score (nSPS) is 10.0. The van der Waals surface area contributed by atoms with E-state index in [1.165, 1.54) is 0 Å². The third-order valence-electron chi connectivity index (χ3n) is 1.62. The van der Waals surface area contributed by atoms with Crippen LogP contribution in [0.4, 0.5) is 0 Å². The lowest BCUT2D eigenvalue weighted by Gasteiger charge is -2.15. The summed E-state index contributed by atoms with van der Waals surface area (Å²) in [4.78, 5) is 13.9. The lowest BCUT2D eigenvalue weighted by molar-refractivity contribution is -0.460. The lowest BCUT2D eigenvalue weighted by atomic mass is 10.2. The smallest absolute Gasteiger partial charge is 0.291 e. The van der Waals surface area contributed by atoms with Crippen LogP contribution in [0.3, 0.4) is 0 Å². The molecule has 6 N–H and O–H groups in total. The van der Waals surface area contributed by atoms with Gasteiger partial charge in [0.2, 0.25) is 5.91 Å². The molecular formula is C8H19N4O2+. The Bertz CT molecular complexity index is 211. The van der Waals surface area contributed by atoms with Crippen molar-refractivity contribution in [2.75, 3.05) is 13.1 Å². The van der Waals surface area contributed by atoms with Crippen LogP contribution in [0.25, 0.3) is 0 Å². The molecule has 6 heteroatoms. The van der Waals surface area contributed by atoms with E-state index in [2.05, 4.69) is 4.99 Å². The van der Waals surface area contributed by atoms with Crippen molar-refractivity contribution in [2.45, 2.75) is 20.3 Å². The third-order valence-corrected chi connectivity index (χ3v) is 1.62. The fourth-order valence-electron chi connectivity index (χ4n) is 0.870. The van der Waals surface area contributed by atoms with Gasteiger partial charge < -0.3 is 0 Å². The number of amides is 1. The van der Waals surface area contributed by atoms with Crippen molar-refractivity contribution in [1.29, 1.82) is 0 Å². The van der Waals surface area contributed by atoms with Crippen molar-refractivity contribution in [1.82, 2.24) is 5.06 Å². The molecule has 0 radical (unpaired) electrons. The zero-order valence-electron chi connectivity index (χ0n) is 8.66. The molecule has 82 valence electrons. The van der Waals surface area contributed by atoms with E-state index in [0.29, 0.717) is 13.0 Å². The second-order valence-electron chi connectivity index (χ2n) is 3.35. The summed E-state index contributed by atoms with van der Waals surface area (Å²) in [6.45, 7) is 4.27. The molecule has 0 aliphatic heterocycles. The second kappa shape index (κ2) is 6.20. The minimum Gasteiger partial charge on any atom is -0.291 e. The Hall–Kier alpha value is -1.30. The Balaban J connectivity index is 3.69. The fraction of sp³-hybridized carbons (Fsp3) is 0.750. The van der Waals surface area contributed by atoms with Gasteiger partial charge in [0, 0.05) is 5.92 Å². The molecule has 0 heterocycles. The van der Waals surface area contributed by atoms with Gasteiger partial charge in [0.05, 0.1) is 13.1 Å². The molecule has 0 saturated carbocycles. The Labute approximate surface area is 83.5 Å². The molecular weight excluding hydrogens is 184 g/mol. The first kappa shape index (κ1) is 12.7. The van der Waals surface area contributed by atoms with Crippen LogP contribution in [0.15, 0.2) is 0 Å². The van der Waals surface area contributed by atoms with Gasteiger partial charge in [-0.2, -0.15) is 0 Å². The van der Waals surface area contributed by atoms with E-state index in [1.54, 1.807) is 13.8 Å². The van der Waals surface area contributed by atoms with Crippen LogP contribution in [0.1, 0.15) is 20.3 Å². The Morgan fingerprint density at radius 2 is 2.07 bits per heavy atom. The molecule has 0 aromatic rings. The molecule has 0 aliphatic carbocycles. The van der Waals surface area contributed by atoms with Crippen molar-refractivity contribution in [3.8, 4) is 0 Å². The van der Waals surface area contributed by atoms with Crippen LogP contribution in [-0.4, -0.2) is 35.2 Å². The van der Waals surface area contributed by atoms with Crippen molar-refractivity contribution in [3.05, 3.63) is 0 Å². The number of guanidine groups is 1. The molecule has 0 aliphatic rings. The fourth-order valence-corrected chi connectivity index (χ4v) is 0.870. The number of nitrogens with one attached hydrogen (secondary N) is 1. The van der Waals surface area contributed by atoms with Crippen molar-refractivity contribution < 1.29 is 15.0 Å². The predicted molar refractivity (Wildman–Crippen MR) is 52.2 cm³/mol. The Morgan fingerprint density at radius 1 is 1.50 bits per heavy atom. The van der Waals surface area contributed by atoms with Crippen molar-refractivity contribution in [2.24, 2.45) is 17.4 Å². The molecule has 0 aromatic heterocycles. The summed E-state index contributed by atoms with van der Waals surface area (Å²) in [5, 5.41) is 9.96. The minimum atomic E-state index is -0.283.